The lowest BCUT2D eigenvalue weighted by molar-refractivity contribution is -0.745. The molecule has 0 unspecified atom stereocenters. The van der Waals surface area contributed by atoms with E-state index in [-0.39, 0.29) is 5.82 Å². The third-order valence-corrected chi connectivity index (χ3v) is 10.4. The molecular formula is C40H45FN2+2. The van der Waals surface area contributed by atoms with Crippen molar-refractivity contribution in [2.24, 2.45) is 0 Å². The van der Waals surface area contributed by atoms with Crippen LogP contribution in [0.2, 0.25) is 0 Å². The molecule has 0 radical (unpaired) electrons. The smallest absolute Gasteiger partial charge is 0.207 e. The molecule has 2 nitrogen and oxygen atoms in total. The maximum Gasteiger partial charge on any atom is 0.229 e. The van der Waals surface area contributed by atoms with Gasteiger partial charge in [-0.1, -0.05) is 78.5 Å². The normalized spacial score (nSPS) is 16.0. The third kappa shape index (κ3) is 3.83. The molecule has 0 bridgehead atoms. The second-order valence-electron chi connectivity index (χ2n) is 12.9. The summed E-state index contributed by atoms with van der Waals surface area (Å²) in [5, 5.41) is 4.60. The Morgan fingerprint density at radius 3 is 2.40 bits per heavy atom. The van der Waals surface area contributed by atoms with E-state index in [1.165, 1.54) is 27.5 Å². The molecule has 0 saturated carbocycles. The molecule has 1 aliphatic carbocycles. The molecule has 3 heterocycles. The van der Waals surface area contributed by atoms with Gasteiger partial charge in [-0.15, -0.1) is 0 Å². The molecule has 0 atom stereocenters. The van der Waals surface area contributed by atoms with E-state index in [0.29, 0.717) is 0 Å². The van der Waals surface area contributed by atoms with Gasteiger partial charge < -0.3 is 0 Å². The number of nitrogens with zero attached hydrogens (tertiary/aromatic N) is 2. The van der Waals surface area contributed by atoms with Gasteiger partial charge in [0.1, 0.15) is 11.4 Å². The Labute approximate surface area is 256 Å². The summed E-state index contributed by atoms with van der Waals surface area (Å²) in [6, 6.07) is 10.8. The fourth-order valence-corrected chi connectivity index (χ4v) is 8.20. The van der Waals surface area contributed by atoms with E-state index in [9.17, 15) is 0 Å². The molecule has 2 aromatic carbocycles. The number of pyridine rings is 2. The summed E-state index contributed by atoms with van der Waals surface area (Å²) in [4.78, 5) is 0. The quantitative estimate of drug-likeness (QED) is 0.199. The predicted molar refractivity (Wildman–Crippen MR) is 179 cm³/mol. The second kappa shape index (κ2) is 10.4. The minimum Gasteiger partial charge on any atom is -0.207 e. The van der Waals surface area contributed by atoms with Crippen molar-refractivity contribution in [2.75, 3.05) is 0 Å². The molecule has 0 fully saturated rings. The van der Waals surface area contributed by atoms with Crippen molar-refractivity contribution in [1.29, 1.82) is 0 Å². The zero-order chi connectivity index (χ0) is 30.8. The maximum absolute atomic E-state index is 16.5. The van der Waals surface area contributed by atoms with Gasteiger partial charge in [0.15, 0.2) is 23.6 Å². The molecular weight excluding hydrogens is 527 g/mol. The van der Waals surface area contributed by atoms with E-state index < -0.39 is 11.0 Å². The predicted octanol–water partition coefficient (Wildman–Crippen LogP) is 7.92. The van der Waals surface area contributed by atoms with Gasteiger partial charge in [-0.25, -0.2) is 4.39 Å². The Bertz CT molecular complexity index is 1970. The van der Waals surface area contributed by atoms with Crippen molar-refractivity contribution in [2.45, 2.75) is 91.5 Å². The molecule has 2 aliphatic rings. The molecule has 3 heteroatoms. The van der Waals surface area contributed by atoms with Crippen LogP contribution in [0.1, 0.15) is 95.2 Å². The van der Waals surface area contributed by atoms with Gasteiger partial charge in [-0.2, -0.15) is 9.13 Å². The highest BCUT2D eigenvalue weighted by Gasteiger charge is 2.53. The maximum atomic E-state index is 16.5. The van der Waals surface area contributed by atoms with Crippen LogP contribution < -0.4 is 19.6 Å². The Hall–Kier alpha value is -3.85. The van der Waals surface area contributed by atoms with Crippen molar-refractivity contribution in [3.05, 3.63) is 99.5 Å². The number of unbranched alkanes of at least 4 members (excludes halogenated alkanes) is 1. The molecule has 0 amide bonds. The first kappa shape index (κ1) is 29.2. The van der Waals surface area contributed by atoms with Crippen LogP contribution >= 0.6 is 0 Å². The summed E-state index contributed by atoms with van der Waals surface area (Å²) in [6.45, 7) is 24.2. The number of allylic oxidation sites excluding steroid dienone is 2. The van der Waals surface area contributed by atoms with Gasteiger partial charge in [-0.05, 0) is 54.5 Å². The Morgan fingerprint density at radius 1 is 1.00 bits per heavy atom. The van der Waals surface area contributed by atoms with Crippen molar-refractivity contribution in [3.63, 3.8) is 0 Å². The second-order valence-corrected chi connectivity index (χ2v) is 12.9. The van der Waals surface area contributed by atoms with E-state index >= 15 is 4.39 Å². The summed E-state index contributed by atoms with van der Waals surface area (Å²) in [5.41, 5.74) is 9.09. The number of rotatable bonds is 7. The van der Waals surface area contributed by atoms with E-state index in [0.717, 1.165) is 76.3 Å². The Balaban J connectivity index is 1.97. The van der Waals surface area contributed by atoms with Gasteiger partial charge in [0.25, 0.3) is 0 Å². The topological polar surface area (TPSA) is 7.76 Å². The zero-order valence-electron chi connectivity index (χ0n) is 27.0. The molecule has 6 rings (SSSR count). The minimum atomic E-state index is -0.517. The number of benzene rings is 2. The van der Waals surface area contributed by atoms with Crippen LogP contribution in [0.4, 0.5) is 4.39 Å². The summed E-state index contributed by atoms with van der Waals surface area (Å²) in [5.74, 6) is -0.139. The van der Waals surface area contributed by atoms with E-state index in [1.807, 2.05) is 12.1 Å². The average Bonchev–Trinajstić information content (AvgIpc) is 3.10. The summed E-state index contributed by atoms with van der Waals surface area (Å²) in [6.07, 6.45) is 15.6. The van der Waals surface area contributed by atoms with Gasteiger partial charge in [0.2, 0.25) is 11.4 Å². The van der Waals surface area contributed by atoms with Gasteiger partial charge >= 0.3 is 0 Å². The first-order valence-corrected chi connectivity index (χ1v) is 16.0. The van der Waals surface area contributed by atoms with Crippen molar-refractivity contribution in [3.8, 4) is 22.5 Å². The lowest BCUT2D eigenvalue weighted by Gasteiger charge is -2.35. The Kier molecular flexibility index (Phi) is 7.07. The van der Waals surface area contributed by atoms with E-state index in [2.05, 4.69) is 114 Å². The lowest BCUT2D eigenvalue weighted by Crippen LogP contribution is -2.62. The highest BCUT2D eigenvalue weighted by molar-refractivity contribution is 6.04. The first-order valence-electron chi connectivity index (χ1n) is 16.0. The van der Waals surface area contributed by atoms with Gasteiger partial charge in [-0.3, -0.25) is 0 Å². The van der Waals surface area contributed by atoms with Crippen LogP contribution in [0.5, 0.6) is 0 Å². The molecule has 0 saturated heterocycles. The molecule has 220 valence electrons. The zero-order valence-corrected chi connectivity index (χ0v) is 27.0. The fourth-order valence-electron chi connectivity index (χ4n) is 8.20. The van der Waals surface area contributed by atoms with Crippen LogP contribution in [0.15, 0.2) is 55.3 Å². The number of aryl methyl sites for hydroxylation is 1. The molecule has 43 heavy (non-hydrogen) atoms. The molecule has 1 aliphatic heterocycles. The fraction of sp³-hybridized carbons (Fsp3) is 0.350. The lowest BCUT2D eigenvalue weighted by atomic mass is 9.67. The number of hydrogen-bond donors (Lipinski definition) is 0. The van der Waals surface area contributed by atoms with Crippen molar-refractivity contribution < 1.29 is 13.5 Å². The highest BCUT2D eigenvalue weighted by atomic mass is 19.1. The SMILES string of the molecule is C=CC=c1c2c([n+](C=CC)c(C)c1=C)-c1ccc(F)c3c1-c1c4c(cc(CCCC)cc4cc[n+]1C2(CC)CC)C3(C)C. The molecule has 2 aromatic heterocycles. The van der Waals surface area contributed by atoms with Crippen LogP contribution in [0.3, 0.4) is 0 Å². The first-order chi connectivity index (χ1) is 20.6. The summed E-state index contributed by atoms with van der Waals surface area (Å²) >= 11 is 0. The molecule has 4 aromatic rings. The van der Waals surface area contributed by atoms with E-state index in [1.54, 1.807) is 6.07 Å². The average molecular weight is 573 g/mol. The number of fused-ring (bicyclic) bond motifs is 2. The summed E-state index contributed by atoms with van der Waals surface area (Å²) in [7, 11) is 0. The monoisotopic (exact) mass is 572 g/mol. The summed E-state index contributed by atoms with van der Waals surface area (Å²) < 4.78 is 21.3. The number of hydrogen-bond acceptors (Lipinski definition) is 0. The van der Waals surface area contributed by atoms with Crippen LogP contribution in [-0.4, -0.2) is 0 Å². The van der Waals surface area contributed by atoms with Gasteiger partial charge in [0, 0.05) is 47.2 Å². The van der Waals surface area contributed by atoms with Crippen molar-refractivity contribution in [1.82, 2.24) is 0 Å². The standard InChI is InChI=1S/C40H45FN2/c1-10-15-17-27-23-28-20-22-43-38-33(28)31(24-27)39(8,9)36-32(41)19-18-30(34(36)38)37-35(40(43,13-4)14-5)29(16-11-2)25(6)26(7)42(37)21-12-3/h11-12,16,18-24H,2,6,10,13-15,17H2,1,3-5,7-9H3/q+2. The third-order valence-electron chi connectivity index (χ3n) is 10.4. The van der Waals surface area contributed by atoms with E-state index in [4.69, 9.17) is 0 Å². The Morgan fingerprint density at radius 2 is 1.74 bits per heavy atom. The van der Waals surface area contributed by atoms with Gasteiger partial charge in [0.05, 0.1) is 16.5 Å². The minimum absolute atomic E-state index is 0.139. The van der Waals surface area contributed by atoms with Crippen molar-refractivity contribution >= 4 is 29.6 Å². The molecule has 0 N–H and O–H groups in total. The largest absolute Gasteiger partial charge is 0.229 e. The number of halogens is 1. The highest BCUT2D eigenvalue weighted by Crippen LogP contribution is 2.54. The molecule has 0 spiro atoms. The number of aromatic nitrogens is 2. The van der Waals surface area contributed by atoms with Crippen LogP contribution in [0, 0.1) is 12.7 Å². The van der Waals surface area contributed by atoms with Crippen LogP contribution in [-0.2, 0) is 17.4 Å². The van der Waals surface area contributed by atoms with Crippen LogP contribution in [0.25, 0.3) is 52.1 Å².